The molecule has 0 unspecified atom stereocenters. The summed E-state index contributed by atoms with van der Waals surface area (Å²) in [6.45, 7) is 1.91. The molecule has 0 fully saturated rings. The van der Waals surface area contributed by atoms with Crippen LogP contribution >= 0.6 is 0 Å². The van der Waals surface area contributed by atoms with Crippen LogP contribution in [0.15, 0.2) is 21.9 Å². The monoisotopic (exact) mass is 283 g/mol. The molecule has 0 aliphatic rings. The Morgan fingerprint density at radius 1 is 1.35 bits per heavy atom. The van der Waals surface area contributed by atoms with Crippen LogP contribution in [0.4, 0.5) is 0 Å². The molecule has 1 amide bonds. The van der Waals surface area contributed by atoms with Gasteiger partial charge in [-0.2, -0.15) is 0 Å². The summed E-state index contributed by atoms with van der Waals surface area (Å²) in [7, 11) is 1.33. The van der Waals surface area contributed by atoms with Gasteiger partial charge >= 0.3 is 11.7 Å². The van der Waals surface area contributed by atoms with Crippen molar-refractivity contribution in [1.29, 1.82) is 0 Å². The zero-order chi connectivity index (χ0) is 15.1. The predicted octanol–water partition coefficient (Wildman–Crippen LogP) is -1.38. The summed E-state index contributed by atoms with van der Waals surface area (Å²) in [5.41, 5.74) is -1.01. The molecule has 0 saturated carbocycles. The molecule has 0 radical (unpaired) electrons. The highest BCUT2D eigenvalue weighted by molar-refractivity contribution is 5.76. The fraction of sp³-hybridized carbons (Fsp3) is 0.500. The number of esters is 1. The Balaban J connectivity index is 2.51. The second-order valence-corrected chi connectivity index (χ2v) is 4.03. The Hall–Kier alpha value is -2.38. The molecule has 0 aliphatic heterocycles. The van der Waals surface area contributed by atoms with E-state index < -0.39 is 23.1 Å². The van der Waals surface area contributed by atoms with E-state index >= 15 is 0 Å². The smallest absolute Gasteiger partial charge is 0.331 e. The molecule has 0 bridgehead atoms. The van der Waals surface area contributed by atoms with Crippen molar-refractivity contribution in [2.45, 2.75) is 19.9 Å². The number of amides is 1. The highest BCUT2D eigenvalue weighted by Crippen LogP contribution is 1.85. The Morgan fingerprint density at radius 3 is 2.70 bits per heavy atom. The second kappa shape index (κ2) is 7.27. The second-order valence-electron chi connectivity index (χ2n) is 4.03. The van der Waals surface area contributed by atoms with Crippen LogP contribution in [-0.2, 0) is 27.9 Å². The maximum absolute atomic E-state index is 11.7. The van der Waals surface area contributed by atoms with Crippen molar-refractivity contribution >= 4 is 11.9 Å². The van der Waals surface area contributed by atoms with Crippen LogP contribution < -0.4 is 16.6 Å². The van der Waals surface area contributed by atoms with Crippen LogP contribution in [0.25, 0.3) is 0 Å². The third kappa shape index (κ3) is 4.38. The van der Waals surface area contributed by atoms with Crippen LogP contribution in [0.3, 0.4) is 0 Å². The molecule has 1 rings (SSSR count). The Bertz CT molecular complexity index is 602. The van der Waals surface area contributed by atoms with Gasteiger partial charge < -0.3 is 10.1 Å². The molecule has 1 N–H and O–H groups in total. The van der Waals surface area contributed by atoms with Gasteiger partial charge in [0.15, 0.2) is 0 Å². The van der Waals surface area contributed by atoms with Crippen LogP contribution in [0.2, 0.25) is 0 Å². The number of hydrogen-bond acceptors (Lipinski definition) is 5. The standard InChI is InChI=1S/C12H17N3O5/c1-3-20-11(18)4-6-13-9(16)8-15-7-5-10(17)14(2)12(15)19/h5,7H,3-4,6,8H2,1-2H3,(H,13,16). The molecule has 8 nitrogen and oxygen atoms in total. The minimum Gasteiger partial charge on any atom is -0.466 e. The minimum absolute atomic E-state index is 0.0712. The molecular formula is C12H17N3O5. The number of nitrogens with zero attached hydrogens (tertiary/aromatic N) is 2. The molecule has 8 heteroatoms. The van der Waals surface area contributed by atoms with E-state index in [1.807, 2.05) is 0 Å². The fourth-order valence-electron chi connectivity index (χ4n) is 1.48. The first-order valence-corrected chi connectivity index (χ1v) is 6.14. The Labute approximate surface area is 115 Å². The first kappa shape index (κ1) is 15.7. The van der Waals surface area contributed by atoms with E-state index in [1.54, 1.807) is 6.92 Å². The van der Waals surface area contributed by atoms with Crippen molar-refractivity contribution in [3.63, 3.8) is 0 Å². The highest BCUT2D eigenvalue weighted by atomic mass is 16.5. The van der Waals surface area contributed by atoms with Gasteiger partial charge in [0, 0.05) is 25.9 Å². The number of rotatable bonds is 6. The summed E-state index contributed by atoms with van der Waals surface area (Å²) in [6.07, 6.45) is 1.33. The number of carbonyl (C=O) groups excluding carboxylic acids is 2. The van der Waals surface area contributed by atoms with Crippen molar-refractivity contribution in [2.24, 2.45) is 7.05 Å². The number of hydrogen-bond donors (Lipinski definition) is 1. The number of carbonyl (C=O) groups is 2. The molecule has 0 aromatic carbocycles. The summed E-state index contributed by atoms with van der Waals surface area (Å²) >= 11 is 0. The summed E-state index contributed by atoms with van der Waals surface area (Å²) in [5.74, 6) is -0.817. The van der Waals surface area contributed by atoms with E-state index in [-0.39, 0.29) is 19.5 Å². The van der Waals surface area contributed by atoms with Crippen molar-refractivity contribution < 1.29 is 14.3 Å². The molecule has 1 heterocycles. The minimum atomic E-state index is -0.571. The van der Waals surface area contributed by atoms with Gasteiger partial charge in [0.05, 0.1) is 13.0 Å². The third-order valence-electron chi connectivity index (χ3n) is 2.53. The van der Waals surface area contributed by atoms with Gasteiger partial charge in [-0.15, -0.1) is 0 Å². The van der Waals surface area contributed by atoms with E-state index in [0.29, 0.717) is 6.61 Å². The largest absolute Gasteiger partial charge is 0.466 e. The number of ether oxygens (including phenoxy) is 1. The Morgan fingerprint density at radius 2 is 2.05 bits per heavy atom. The number of aromatic nitrogens is 2. The summed E-state index contributed by atoms with van der Waals surface area (Å²) in [6, 6.07) is 1.20. The molecule has 20 heavy (non-hydrogen) atoms. The third-order valence-corrected chi connectivity index (χ3v) is 2.53. The summed E-state index contributed by atoms with van der Waals surface area (Å²) < 4.78 is 6.73. The van der Waals surface area contributed by atoms with Crippen molar-refractivity contribution in [2.75, 3.05) is 13.2 Å². The van der Waals surface area contributed by atoms with Gasteiger partial charge in [-0.1, -0.05) is 0 Å². The van der Waals surface area contributed by atoms with E-state index in [9.17, 15) is 19.2 Å². The van der Waals surface area contributed by atoms with Gasteiger partial charge in [-0.25, -0.2) is 4.79 Å². The van der Waals surface area contributed by atoms with Gasteiger partial charge in [-0.3, -0.25) is 23.5 Å². The van der Waals surface area contributed by atoms with Gasteiger partial charge in [0.1, 0.15) is 6.54 Å². The van der Waals surface area contributed by atoms with Gasteiger partial charge in [0.2, 0.25) is 5.91 Å². The van der Waals surface area contributed by atoms with E-state index in [2.05, 4.69) is 5.32 Å². The summed E-state index contributed by atoms with van der Waals surface area (Å²) in [5, 5.41) is 2.49. The quantitative estimate of drug-likeness (QED) is 0.648. The molecule has 0 atom stereocenters. The predicted molar refractivity (Wildman–Crippen MR) is 70.2 cm³/mol. The molecule has 1 aromatic heterocycles. The van der Waals surface area contributed by atoms with Crippen LogP contribution in [0.1, 0.15) is 13.3 Å². The topological polar surface area (TPSA) is 99.4 Å². The maximum Gasteiger partial charge on any atom is 0.331 e. The molecular weight excluding hydrogens is 266 g/mol. The zero-order valence-corrected chi connectivity index (χ0v) is 11.4. The van der Waals surface area contributed by atoms with E-state index in [4.69, 9.17) is 4.74 Å². The first-order valence-electron chi connectivity index (χ1n) is 6.14. The van der Waals surface area contributed by atoms with Crippen LogP contribution in [0.5, 0.6) is 0 Å². The van der Waals surface area contributed by atoms with Crippen LogP contribution in [0, 0.1) is 0 Å². The lowest BCUT2D eigenvalue weighted by molar-refractivity contribution is -0.143. The molecule has 0 saturated heterocycles. The average Bonchev–Trinajstić information content (AvgIpc) is 2.40. The lowest BCUT2D eigenvalue weighted by Crippen LogP contribution is -2.40. The number of nitrogens with one attached hydrogen (secondary N) is 1. The zero-order valence-electron chi connectivity index (χ0n) is 11.4. The van der Waals surface area contributed by atoms with Gasteiger partial charge in [0.25, 0.3) is 5.56 Å². The normalized spacial score (nSPS) is 10.1. The van der Waals surface area contributed by atoms with Crippen molar-refractivity contribution in [1.82, 2.24) is 14.5 Å². The lowest BCUT2D eigenvalue weighted by Gasteiger charge is -2.08. The molecule has 0 aliphatic carbocycles. The molecule has 1 aromatic rings. The fourth-order valence-corrected chi connectivity index (χ4v) is 1.48. The molecule has 110 valence electrons. The van der Waals surface area contributed by atoms with Crippen molar-refractivity contribution in [3.05, 3.63) is 33.1 Å². The maximum atomic E-state index is 11.7. The van der Waals surface area contributed by atoms with E-state index in [1.165, 1.54) is 19.3 Å². The first-order chi connectivity index (χ1) is 9.45. The lowest BCUT2D eigenvalue weighted by atomic mass is 10.4. The van der Waals surface area contributed by atoms with Crippen molar-refractivity contribution in [3.8, 4) is 0 Å². The van der Waals surface area contributed by atoms with Crippen LogP contribution in [-0.4, -0.2) is 34.2 Å². The molecule has 0 spiro atoms. The van der Waals surface area contributed by atoms with Gasteiger partial charge in [-0.05, 0) is 6.92 Å². The summed E-state index contributed by atoms with van der Waals surface area (Å²) in [4.78, 5) is 45.5. The highest BCUT2D eigenvalue weighted by Gasteiger charge is 2.07. The SMILES string of the molecule is CCOC(=O)CCNC(=O)Cn1ccc(=O)n(C)c1=O. The Kier molecular flexibility index (Phi) is 5.70. The van der Waals surface area contributed by atoms with E-state index in [0.717, 1.165) is 9.13 Å². The average molecular weight is 283 g/mol.